The lowest BCUT2D eigenvalue weighted by molar-refractivity contribution is 0.590. The molecule has 0 spiro atoms. The molecule has 0 unspecified atom stereocenters. The van der Waals surface area contributed by atoms with Crippen LogP contribution in [0.3, 0.4) is 0 Å². The summed E-state index contributed by atoms with van der Waals surface area (Å²) in [6.07, 6.45) is 0. The van der Waals surface area contributed by atoms with Gasteiger partial charge in [-0.15, -0.1) is 0 Å². The van der Waals surface area contributed by atoms with E-state index in [1.165, 1.54) is 0 Å². The number of hydrogen-bond acceptors (Lipinski definition) is 2. The molecule has 0 atom stereocenters. The average Bonchev–Trinajstić information content (AvgIpc) is 1.62. The number of nitrogens with zero attached hydrogens (tertiary/aromatic N) is 4. The second-order valence-electron chi connectivity index (χ2n) is 32.2. The zero-order valence-corrected chi connectivity index (χ0v) is 61.1. The molecule has 14 aromatic carbocycles. The summed E-state index contributed by atoms with van der Waals surface area (Å²) in [4.78, 5) is 4.66. The van der Waals surface area contributed by atoms with E-state index in [-0.39, 0.29) is 65.3 Å². The summed E-state index contributed by atoms with van der Waals surface area (Å²) in [5.74, 6) is 0. The molecule has 2 aliphatic rings. The maximum atomic E-state index is 9.91. The minimum absolute atomic E-state index is 0.0511. The molecule has 2 aromatic heterocycles. The van der Waals surface area contributed by atoms with Crippen molar-refractivity contribution in [2.45, 2.75) is 105 Å². The molecule has 0 saturated heterocycles. The summed E-state index contributed by atoms with van der Waals surface area (Å²) in [5.41, 5.74) is 19.1. The quantitative estimate of drug-likeness (QED) is 0.134. The summed E-state index contributed by atoms with van der Waals surface area (Å²) in [5, 5.41) is -0.291. The van der Waals surface area contributed by atoms with Crippen LogP contribution in [0.25, 0.3) is 111 Å². The molecule has 5 heteroatoms. The third-order valence-electron chi connectivity index (χ3n) is 21.5. The first-order chi connectivity index (χ1) is 57.3. The monoisotopic (exact) mass is 1370 g/mol. The molecular formula is C100H87BN4. The topological polar surface area (TPSA) is 16.3 Å². The average molecular weight is 1370 g/mol. The Labute approximate surface area is 641 Å². The van der Waals surface area contributed by atoms with Crippen LogP contribution >= 0.6 is 0 Å². The Morgan fingerprint density at radius 3 is 0.857 bits per heavy atom. The van der Waals surface area contributed by atoms with Crippen LogP contribution in [0.15, 0.2) is 309 Å². The molecule has 0 bridgehead atoms. The molecule has 16 aromatic rings. The molecular weight excluding hydrogens is 1270 g/mol. The van der Waals surface area contributed by atoms with E-state index in [0.29, 0.717) is 22.7 Å². The minimum Gasteiger partial charge on any atom is -0.310 e. The number of anilines is 6. The van der Waals surface area contributed by atoms with Gasteiger partial charge in [0.1, 0.15) is 0 Å². The van der Waals surface area contributed by atoms with Crippen LogP contribution in [-0.4, -0.2) is 15.8 Å². The van der Waals surface area contributed by atoms with Crippen molar-refractivity contribution in [3.8, 4) is 67.0 Å². The number of para-hydroxylation sites is 6. The van der Waals surface area contributed by atoms with E-state index in [2.05, 4.69) is 251 Å². The molecule has 0 N–H and O–H groups in total. The number of hydrogen-bond donors (Lipinski definition) is 0. The van der Waals surface area contributed by atoms with Gasteiger partial charge in [-0.2, -0.15) is 0 Å². The van der Waals surface area contributed by atoms with Crippen molar-refractivity contribution in [3.05, 3.63) is 331 Å². The van der Waals surface area contributed by atoms with Crippen molar-refractivity contribution >= 4 is 101 Å². The van der Waals surface area contributed by atoms with Gasteiger partial charge in [-0.3, -0.25) is 0 Å². The van der Waals surface area contributed by atoms with Gasteiger partial charge in [-0.25, -0.2) is 0 Å². The van der Waals surface area contributed by atoms with Crippen molar-refractivity contribution in [2.75, 3.05) is 9.80 Å². The van der Waals surface area contributed by atoms with Crippen LogP contribution in [0.4, 0.5) is 34.1 Å². The van der Waals surface area contributed by atoms with Crippen molar-refractivity contribution in [1.29, 1.82) is 0 Å². The zero-order chi connectivity index (χ0) is 85.9. The van der Waals surface area contributed by atoms with E-state index in [9.17, 15) is 16.4 Å². The highest BCUT2D eigenvalue weighted by molar-refractivity contribution is 7.00. The lowest BCUT2D eigenvalue weighted by atomic mass is 9.33. The molecule has 4 heterocycles. The molecule has 18 rings (SSSR count). The molecule has 0 aliphatic carbocycles. The van der Waals surface area contributed by atoms with Gasteiger partial charge in [0, 0.05) is 77.9 Å². The smallest absolute Gasteiger partial charge is 0.252 e. The lowest BCUT2D eigenvalue weighted by Crippen LogP contribution is -2.61. The lowest BCUT2D eigenvalue weighted by Gasteiger charge is -2.46. The van der Waals surface area contributed by atoms with Crippen LogP contribution in [-0.2, 0) is 21.7 Å². The maximum Gasteiger partial charge on any atom is 0.252 e. The van der Waals surface area contributed by atoms with Gasteiger partial charge >= 0.3 is 0 Å². The minimum atomic E-state index is -0.781. The Bertz CT molecular complexity index is 6400. The van der Waals surface area contributed by atoms with Gasteiger partial charge in [0.2, 0.25) is 0 Å². The summed E-state index contributed by atoms with van der Waals surface area (Å²) < 4.78 is 155. The van der Waals surface area contributed by atoms with Gasteiger partial charge in [-0.1, -0.05) is 332 Å². The molecule has 4 nitrogen and oxygen atoms in total. The van der Waals surface area contributed by atoms with Gasteiger partial charge in [-0.05, 0) is 154 Å². The molecule has 2 aliphatic heterocycles. The highest BCUT2D eigenvalue weighted by Crippen LogP contribution is 2.55. The number of fused-ring (bicyclic) bond motifs is 10. The Balaban J connectivity index is 1.06. The second-order valence-corrected chi connectivity index (χ2v) is 32.2. The first-order valence-electron chi connectivity index (χ1n) is 44.1. The Hall–Kier alpha value is -11.7. The van der Waals surface area contributed by atoms with Crippen molar-refractivity contribution < 1.29 is 21.9 Å². The zero-order valence-electron chi connectivity index (χ0n) is 77.1. The van der Waals surface area contributed by atoms with E-state index in [1.807, 2.05) is 54.6 Å². The van der Waals surface area contributed by atoms with E-state index < -0.39 is 103 Å². The summed E-state index contributed by atoms with van der Waals surface area (Å²) in [6.45, 7) is 25.5. The van der Waals surface area contributed by atoms with Crippen LogP contribution in [0.1, 0.15) is 127 Å². The second kappa shape index (κ2) is 24.5. The van der Waals surface area contributed by atoms with Crippen molar-refractivity contribution in [1.82, 2.24) is 9.13 Å². The Kier molecular flexibility index (Phi) is 11.6. The first-order valence-corrected chi connectivity index (χ1v) is 36.1. The predicted molar refractivity (Wildman–Crippen MR) is 451 cm³/mol. The Morgan fingerprint density at radius 2 is 0.562 bits per heavy atom. The molecule has 0 fully saturated rings. The predicted octanol–water partition coefficient (Wildman–Crippen LogP) is 25.5. The SMILES string of the molecule is [2H]c1c([2H])c([2H])c2c(c1[2H])c1c([2H])c([2H])c([2H])c([2H])c1n2-c1ccc2c(c1)N(c1c(-c3ccc(C(C)(C)C)cc3)cccc1-c1ccc(C(C)(C)C)cc1)c1cc(-c3ccccc3)cc3c1B2c1ccc(-n2c4c([2H])c([2H])c([2H])c([2H])c4c4c([2H])c([2H])c([2H])c([2H])c42)cc1N3c1c(-c2ccc(C(C)(C)C)cc2)cccc1-c1ccc(C(C)(C)C)cc1. The van der Waals surface area contributed by atoms with Gasteiger partial charge in [0.05, 0.1) is 55.4 Å². The third-order valence-corrected chi connectivity index (χ3v) is 21.5. The summed E-state index contributed by atoms with van der Waals surface area (Å²) in [6, 6.07) is 65.8. The van der Waals surface area contributed by atoms with Gasteiger partial charge in [0.15, 0.2) is 0 Å². The number of aromatic nitrogens is 2. The fourth-order valence-electron chi connectivity index (χ4n) is 16.0. The molecule has 0 saturated carbocycles. The highest BCUT2D eigenvalue weighted by atomic mass is 15.2. The fourth-order valence-corrected chi connectivity index (χ4v) is 16.0. The van der Waals surface area contributed by atoms with E-state index in [0.717, 1.165) is 117 Å². The number of benzene rings is 14. The van der Waals surface area contributed by atoms with Crippen molar-refractivity contribution in [3.63, 3.8) is 0 Å². The van der Waals surface area contributed by atoms with E-state index in [4.69, 9.17) is 5.48 Å². The van der Waals surface area contributed by atoms with E-state index >= 15 is 0 Å². The normalized spacial score (nSPS) is 15.2. The fraction of sp³-hybridized carbons (Fsp3) is 0.160. The van der Waals surface area contributed by atoms with Crippen LogP contribution in [0, 0.1) is 0 Å². The first kappa shape index (κ1) is 49.9. The van der Waals surface area contributed by atoms with Crippen LogP contribution in [0.2, 0.25) is 0 Å². The third kappa shape index (κ3) is 11.0. The molecule has 105 heavy (non-hydrogen) atoms. The standard InChI is InChI=1S/C100H87BN4/c1-97(2,3)70-48-40-65(41-49-70)76-32-24-33-77(66-42-50-71(51-43-66)98(4,5)6)95(76)104-90-62-74(102-86-36-20-16-28-80(86)81-29-17-21-37-87(81)102)56-58-84(90)101-85-59-57-75(103-88-38-22-18-30-82(88)83-31-19-23-39-89(83)103)63-91(85)105(93-61-69(60-92(104)94(93)101)64-26-14-13-15-27-64)96-78(67-44-52-72(53-45-67)99(7,8)9)34-25-35-79(96)68-46-54-73(55-47-68)100(10,11)12/h13-63H,1-12H3/i16D,17D,18D,19D,20D,21D,22D,23D,28D,29D,30D,31D,36D,37D,38D,39D. The van der Waals surface area contributed by atoms with E-state index in [1.54, 1.807) is 9.13 Å². The summed E-state index contributed by atoms with van der Waals surface area (Å²) in [7, 11) is 0. The highest BCUT2D eigenvalue weighted by Gasteiger charge is 2.46. The van der Waals surface area contributed by atoms with Gasteiger partial charge in [0.25, 0.3) is 6.71 Å². The van der Waals surface area contributed by atoms with Crippen molar-refractivity contribution in [2.24, 2.45) is 0 Å². The number of rotatable bonds is 9. The van der Waals surface area contributed by atoms with Crippen LogP contribution < -0.4 is 26.2 Å². The van der Waals surface area contributed by atoms with Gasteiger partial charge < -0.3 is 18.9 Å². The summed E-state index contributed by atoms with van der Waals surface area (Å²) >= 11 is 0. The largest absolute Gasteiger partial charge is 0.310 e. The molecule has 0 radical (unpaired) electrons. The Morgan fingerprint density at radius 1 is 0.267 bits per heavy atom. The van der Waals surface area contributed by atoms with Crippen LogP contribution in [0.5, 0.6) is 0 Å². The molecule has 0 amide bonds. The maximum absolute atomic E-state index is 9.91. The molecule has 510 valence electrons.